The van der Waals surface area contributed by atoms with E-state index in [-0.39, 0.29) is 10.8 Å². The quantitative estimate of drug-likeness (QED) is 0.928. The van der Waals surface area contributed by atoms with Crippen LogP contribution in [0.25, 0.3) is 0 Å². The van der Waals surface area contributed by atoms with E-state index in [4.69, 9.17) is 28.9 Å². The SMILES string of the molecule is NC[C@H]1CCN(S(=O)(=O)c2cc(Cl)cc(Cl)c2)C1. The summed E-state index contributed by atoms with van der Waals surface area (Å²) in [6.45, 7) is 1.46. The highest BCUT2D eigenvalue weighted by atomic mass is 35.5. The van der Waals surface area contributed by atoms with Gasteiger partial charge in [-0.1, -0.05) is 23.2 Å². The number of benzene rings is 1. The average Bonchev–Trinajstić information content (AvgIpc) is 2.76. The third kappa shape index (κ3) is 2.81. The number of sulfonamides is 1. The fraction of sp³-hybridized carbons (Fsp3) is 0.455. The summed E-state index contributed by atoms with van der Waals surface area (Å²) < 4.78 is 26.2. The molecule has 4 nitrogen and oxygen atoms in total. The maximum atomic E-state index is 12.4. The molecule has 1 saturated heterocycles. The van der Waals surface area contributed by atoms with Gasteiger partial charge in [-0.3, -0.25) is 0 Å². The molecule has 0 amide bonds. The smallest absolute Gasteiger partial charge is 0.243 e. The summed E-state index contributed by atoms with van der Waals surface area (Å²) in [6.07, 6.45) is 0.796. The minimum atomic E-state index is -3.52. The highest BCUT2D eigenvalue weighted by Crippen LogP contribution is 2.28. The van der Waals surface area contributed by atoms with Gasteiger partial charge in [-0.2, -0.15) is 4.31 Å². The van der Waals surface area contributed by atoms with Crippen molar-refractivity contribution in [1.29, 1.82) is 0 Å². The molecule has 0 aromatic heterocycles. The summed E-state index contributed by atoms with van der Waals surface area (Å²) in [7, 11) is -3.52. The van der Waals surface area contributed by atoms with Crippen LogP contribution in [0.15, 0.2) is 23.1 Å². The van der Waals surface area contributed by atoms with Gasteiger partial charge in [-0.15, -0.1) is 0 Å². The third-order valence-corrected chi connectivity index (χ3v) is 5.34. The number of nitrogens with zero attached hydrogens (tertiary/aromatic N) is 1. The molecule has 1 heterocycles. The second kappa shape index (κ2) is 5.35. The monoisotopic (exact) mass is 308 g/mol. The molecule has 1 aromatic carbocycles. The Morgan fingerprint density at radius 1 is 1.28 bits per heavy atom. The van der Waals surface area contributed by atoms with Crippen molar-refractivity contribution < 1.29 is 8.42 Å². The summed E-state index contributed by atoms with van der Waals surface area (Å²) >= 11 is 11.7. The van der Waals surface area contributed by atoms with E-state index >= 15 is 0 Å². The predicted octanol–water partition coefficient (Wildman–Crippen LogP) is 1.96. The van der Waals surface area contributed by atoms with E-state index in [2.05, 4.69) is 0 Å². The number of rotatable bonds is 3. The Morgan fingerprint density at radius 2 is 1.89 bits per heavy atom. The van der Waals surface area contributed by atoms with Gasteiger partial charge in [0.25, 0.3) is 0 Å². The first-order valence-corrected chi connectivity index (χ1v) is 7.79. The van der Waals surface area contributed by atoms with Gasteiger partial charge in [-0.05, 0) is 37.1 Å². The van der Waals surface area contributed by atoms with Crippen molar-refractivity contribution in [3.8, 4) is 0 Å². The van der Waals surface area contributed by atoms with Crippen LogP contribution < -0.4 is 5.73 Å². The van der Waals surface area contributed by atoms with Crippen LogP contribution in [-0.4, -0.2) is 32.4 Å². The molecule has 7 heteroatoms. The molecule has 2 rings (SSSR count). The van der Waals surface area contributed by atoms with Gasteiger partial charge in [0.15, 0.2) is 0 Å². The Balaban J connectivity index is 2.31. The summed E-state index contributed by atoms with van der Waals surface area (Å²) in [5, 5.41) is 0.631. The fourth-order valence-electron chi connectivity index (χ4n) is 2.03. The van der Waals surface area contributed by atoms with Crippen molar-refractivity contribution >= 4 is 33.2 Å². The van der Waals surface area contributed by atoms with Crippen LogP contribution in [0.1, 0.15) is 6.42 Å². The van der Waals surface area contributed by atoms with Crippen LogP contribution in [0.3, 0.4) is 0 Å². The first kappa shape index (κ1) is 14.1. The lowest BCUT2D eigenvalue weighted by Gasteiger charge is -2.16. The van der Waals surface area contributed by atoms with Crippen molar-refractivity contribution in [3.63, 3.8) is 0 Å². The highest BCUT2D eigenvalue weighted by molar-refractivity contribution is 7.89. The molecule has 1 aliphatic rings. The normalized spacial score (nSPS) is 21.4. The Hall–Kier alpha value is -0.330. The van der Waals surface area contributed by atoms with Crippen LogP contribution >= 0.6 is 23.2 Å². The molecule has 1 fully saturated rings. The molecule has 1 atom stereocenters. The standard InChI is InChI=1S/C11H14Cl2N2O2S/c12-9-3-10(13)5-11(4-9)18(16,17)15-2-1-8(6-14)7-15/h3-5,8H,1-2,6-7,14H2/t8-/m1/s1. The van der Waals surface area contributed by atoms with Crippen molar-refractivity contribution in [2.75, 3.05) is 19.6 Å². The zero-order chi connectivity index (χ0) is 13.3. The molecule has 0 unspecified atom stereocenters. The Labute approximate surface area is 117 Å². The fourth-order valence-corrected chi connectivity index (χ4v) is 4.29. The van der Waals surface area contributed by atoms with Crippen molar-refractivity contribution in [2.45, 2.75) is 11.3 Å². The van der Waals surface area contributed by atoms with E-state index in [1.54, 1.807) is 0 Å². The van der Waals surface area contributed by atoms with E-state index in [0.717, 1.165) is 6.42 Å². The van der Waals surface area contributed by atoms with Crippen LogP contribution in [0.4, 0.5) is 0 Å². The van der Waals surface area contributed by atoms with Crippen molar-refractivity contribution in [2.24, 2.45) is 11.7 Å². The van der Waals surface area contributed by atoms with Crippen molar-refractivity contribution in [3.05, 3.63) is 28.2 Å². The Kier molecular flexibility index (Phi) is 4.18. The summed E-state index contributed by atoms with van der Waals surface area (Å²) in [5.74, 6) is 0.231. The summed E-state index contributed by atoms with van der Waals surface area (Å²) in [6, 6.07) is 4.34. The molecule has 0 aliphatic carbocycles. The maximum absolute atomic E-state index is 12.4. The minimum absolute atomic E-state index is 0.137. The molecule has 100 valence electrons. The lowest BCUT2D eigenvalue weighted by molar-refractivity contribution is 0.459. The zero-order valence-electron chi connectivity index (χ0n) is 9.64. The van der Waals surface area contributed by atoms with E-state index in [1.165, 1.54) is 22.5 Å². The molecule has 1 aliphatic heterocycles. The van der Waals surface area contributed by atoms with E-state index in [1.807, 2.05) is 0 Å². The van der Waals surface area contributed by atoms with Gasteiger partial charge >= 0.3 is 0 Å². The van der Waals surface area contributed by atoms with Gasteiger partial charge in [-0.25, -0.2) is 8.42 Å². The van der Waals surface area contributed by atoms with E-state index in [9.17, 15) is 8.42 Å². The number of hydrogen-bond acceptors (Lipinski definition) is 3. The molecule has 0 saturated carbocycles. The minimum Gasteiger partial charge on any atom is -0.330 e. The van der Waals surface area contributed by atoms with Gasteiger partial charge in [0, 0.05) is 23.1 Å². The zero-order valence-corrected chi connectivity index (χ0v) is 12.0. The third-order valence-electron chi connectivity index (χ3n) is 3.06. The van der Waals surface area contributed by atoms with Gasteiger partial charge in [0.05, 0.1) is 4.90 Å². The second-order valence-corrected chi connectivity index (χ2v) is 7.17. The van der Waals surface area contributed by atoms with Crippen LogP contribution in [0.5, 0.6) is 0 Å². The molecule has 0 bridgehead atoms. The maximum Gasteiger partial charge on any atom is 0.243 e. The Bertz CT molecular complexity index is 528. The van der Waals surface area contributed by atoms with Crippen LogP contribution in [-0.2, 0) is 10.0 Å². The highest BCUT2D eigenvalue weighted by Gasteiger charge is 2.32. The molecular formula is C11H14Cl2N2O2S. The lowest BCUT2D eigenvalue weighted by atomic mass is 10.1. The molecule has 0 radical (unpaired) electrons. The van der Waals surface area contributed by atoms with Gasteiger partial charge in [0.1, 0.15) is 0 Å². The first-order chi connectivity index (χ1) is 8.43. The molecule has 0 spiro atoms. The predicted molar refractivity (Wildman–Crippen MR) is 72.4 cm³/mol. The van der Waals surface area contributed by atoms with Gasteiger partial charge < -0.3 is 5.73 Å². The van der Waals surface area contributed by atoms with Crippen molar-refractivity contribution in [1.82, 2.24) is 4.31 Å². The second-order valence-electron chi connectivity index (χ2n) is 4.36. The molecular weight excluding hydrogens is 295 g/mol. The first-order valence-electron chi connectivity index (χ1n) is 5.60. The molecule has 18 heavy (non-hydrogen) atoms. The molecule has 2 N–H and O–H groups in total. The number of halogens is 2. The largest absolute Gasteiger partial charge is 0.330 e. The van der Waals surface area contributed by atoms with Crippen LogP contribution in [0, 0.1) is 5.92 Å². The number of hydrogen-bond donors (Lipinski definition) is 1. The van der Waals surface area contributed by atoms with E-state index < -0.39 is 10.0 Å². The summed E-state index contributed by atoms with van der Waals surface area (Å²) in [4.78, 5) is 0.137. The summed E-state index contributed by atoms with van der Waals surface area (Å²) in [5.41, 5.74) is 5.56. The van der Waals surface area contributed by atoms with E-state index in [0.29, 0.717) is 29.7 Å². The Morgan fingerprint density at radius 3 is 2.39 bits per heavy atom. The topological polar surface area (TPSA) is 63.4 Å². The van der Waals surface area contributed by atoms with Crippen LogP contribution in [0.2, 0.25) is 10.0 Å². The molecule has 1 aromatic rings. The lowest BCUT2D eigenvalue weighted by Crippen LogP contribution is -2.30. The van der Waals surface area contributed by atoms with Gasteiger partial charge in [0.2, 0.25) is 10.0 Å². The number of nitrogens with two attached hydrogens (primary N) is 1. The average molecular weight is 309 g/mol.